The van der Waals surface area contributed by atoms with Gasteiger partial charge in [-0.2, -0.15) is 8.42 Å². The lowest BCUT2D eigenvalue weighted by Gasteiger charge is -2.01. The molecule has 3 N–H and O–H groups in total. The molecule has 0 aliphatic rings. The highest BCUT2D eigenvalue weighted by molar-refractivity contribution is 9.11. The van der Waals surface area contributed by atoms with E-state index < -0.39 is 16.0 Å². The molecule has 0 aliphatic heterocycles. The van der Waals surface area contributed by atoms with Gasteiger partial charge in [0.05, 0.1) is 4.47 Å². The summed E-state index contributed by atoms with van der Waals surface area (Å²) < 4.78 is 42.7. The maximum atomic E-state index is 12.2. The van der Waals surface area contributed by atoms with Gasteiger partial charge in [0.25, 0.3) is 10.1 Å². The Kier molecular flexibility index (Phi) is 7.08. The lowest BCUT2D eigenvalue weighted by molar-refractivity contribution is 0.1000. The Morgan fingerprint density at radius 3 is 2.22 bits per heavy atom. The Bertz CT molecular complexity index is 832. The Balaban J connectivity index is 0.000000238. The minimum absolute atomic E-state index is 0.0248. The number of hydrogen-bond donors (Lipinski definition) is 2. The number of primary amides is 1. The molecule has 0 radical (unpaired) electrons. The van der Waals surface area contributed by atoms with Gasteiger partial charge in [-0.25, -0.2) is 9.37 Å². The van der Waals surface area contributed by atoms with Gasteiger partial charge in [0.2, 0.25) is 5.91 Å². The number of benzene rings is 1. The molecule has 0 bridgehead atoms. The molecule has 1 heterocycles. The molecule has 124 valence electrons. The molecule has 2 rings (SSSR count). The number of nitrogens with two attached hydrogens (primary N) is 1. The van der Waals surface area contributed by atoms with E-state index >= 15 is 0 Å². The molecule has 0 atom stereocenters. The summed E-state index contributed by atoms with van der Waals surface area (Å²) in [7, 11) is -4.27. The fourth-order valence-electron chi connectivity index (χ4n) is 1.22. The highest BCUT2D eigenvalue weighted by Crippen LogP contribution is 2.28. The first-order chi connectivity index (χ1) is 10.5. The van der Waals surface area contributed by atoms with Crippen molar-refractivity contribution < 1.29 is 22.2 Å². The molecule has 0 saturated heterocycles. The van der Waals surface area contributed by atoms with Gasteiger partial charge < -0.3 is 5.73 Å². The first kappa shape index (κ1) is 20.0. The minimum Gasteiger partial charge on any atom is -0.366 e. The van der Waals surface area contributed by atoms with Crippen LogP contribution < -0.4 is 5.73 Å². The fraction of sp³-hybridized carbons (Fsp3) is 0. The van der Waals surface area contributed by atoms with E-state index in [1.165, 1.54) is 24.3 Å². The number of rotatable bonds is 2. The van der Waals surface area contributed by atoms with Gasteiger partial charge >= 0.3 is 0 Å². The topological polar surface area (TPSA) is 110 Å². The average molecular weight is 491 g/mol. The summed E-state index contributed by atoms with van der Waals surface area (Å²) in [6.45, 7) is 0. The predicted molar refractivity (Wildman–Crippen MR) is 89.4 cm³/mol. The van der Waals surface area contributed by atoms with Gasteiger partial charge in [-0.1, -0.05) is 11.6 Å². The van der Waals surface area contributed by atoms with Crippen LogP contribution in [0.5, 0.6) is 0 Å². The van der Waals surface area contributed by atoms with E-state index in [2.05, 4.69) is 36.8 Å². The summed E-state index contributed by atoms with van der Waals surface area (Å²) in [6, 6.07) is 6.24. The highest BCUT2D eigenvalue weighted by atomic mass is 79.9. The standard InChI is InChI=1S/C7H6FNO.C5H2Br2ClNO3S/c8-6-3-1-5(2-4-6)7(9)10;6-2-1-3(13(10,11)12)4(7)9-5(2)8/h1-4H,(H2,9,10);1H,(H,10,11,12). The molecule has 11 heteroatoms. The maximum Gasteiger partial charge on any atom is 0.297 e. The minimum atomic E-state index is -4.27. The van der Waals surface area contributed by atoms with Crippen LogP contribution in [0.1, 0.15) is 10.4 Å². The normalized spacial score (nSPS) is 10.7. The molecular weight excluding hydrogens is 482 g/mol. The first-order valence-electron chi connectivity index (χ1n) is 5.56. The van der Waals surface area contributed by atoms with Gasteiger partial charge in [-0.15, -0.1) is 0 Å². The number of amides is 1. The summed E-state index contributed by atoms with van der Waals surface area (Å²) in [5, 5.41) is 0.110. The zero-order valence-electron chi connectivity index (χ0n) is 11.0. The van der Waals surface area contributed by atoms with Crippen molar-refractivity contribution in [1.82, 2.24) is 4.98 Å². The van der Waals surface area contributed by atoms with Crippen LogP contribution in [-0.4, -0.2) is 23.9 Å². The van der Waals surface area contributed by atoms with Crippen LogP contribution in [0.25, 0.3) is 0 Å². The average Bonchev–Trinajstić information content (AvgIpc) is 2.43. The van der Waals surface area contributed by atoms with Crippen molar-refractivity contribution in [1.29, 1.82) is 0 Å². The second-order valence-corrected chi connectivity index (χ2v) is 7.25. The lowest BCUT2D eigenvalue weighted by Crippen LogP contribution is -2.10. The number of halogens is 4. The highest BCUT2D eigenvalue weighted by Gasteiger charge is 2.17. The van der Waals surface area contributed by atoms with Gasteiger partial charge in [0, 0.05) is 5.56 Å². The van der Waals surface area contributed by atoms with Gasteiger partial charge in [0.1, 0.15) is 20.5 Å². The Labute approximate surface area is 152 Å². The third kappa shape index (κ3) is 6.15. The van der Waals surface area contributed by atoms with Crippen LogP contribution in [0.15, 0.2) is 44.3 Å². The van der Waals surface area contributed by atoms with E-state index in [0.29, 0.717) is 10.0 Å². The van der Waals surface area contributed by atoms with Crippen molar-refractivity contribution in [3.8, 4) is 0 Å². The number of hydrogen-bond acceptors (Lipinski definition) is 4. The van der Waals surface area contributed by atoms with Crippen molar-refractivity contribution in [3.63, 3.8) is 0 Å². The Morgan fingerprint density at radius 2 is 1.78 bits per heavy atom. The van der Waals surface area contributed by atoms with E-state index in [4.69, 9.17) is 21.9 Å². The van der Waals surface area contributed by atoms with Crippen molar-refractivity contribution in [2.45, 2.75) is 4.90 Å². The molecule has 0 aliphatic carbocycles. The lowest BCUT2D eigenvalue weighted by atomic mass is 10.2. The van der Waals surface area contributed by atoms with Crippen molar-refractivity contribution in [3.05, 3.63) is 55.9 Å². The monoisotopic (exact) mass is 488 g/mol. The van der Waals surface area contributed by atoms with Crippen LogP contribution in [0.3, 0.4) is 0 Å². The van der Waals surface area contributed by atoms with Gasteiger partial charge in [-0.05, 0) is 62.2 Å². The number of nitrogens with zero attached hydrogens (tertiary/aromatic N) is 1. The maximum absolute atomic E-state index is 12.2. The van der Waals surface area contributed by atoms with Gasteiger partial charge in [-0.3, -0.25) is 9.35 Å². The molecule has 6 nitrogen and oxygen atoms in total. The van der Waals surface area contributed by atoms with Crippen molar-refractivity contribution in [2.75, 3.05) is 0 Å². The third-order valence-corrected chi connectivity index (χ3v) is 5.12. The molecule has 2 aromatic rings. The number of carbonyl (C=O) groups excluding carboxylic acids is 1. The predicted octanol–water partition coefficient (Wildman–Crippen LogP) is 3.43. The van der Waals surface area contributed by atoms with Crippen molar-refractivity contribution in [2.24, 2.45) is 5.73 Å². The zero-order chi connectivity index (χ0) is 17.8. The summed E-state index contributed by atoms with van der Waals surface area (Å²) in [6.07, 6.45) is 0. The molecule has 1 aromatic carbocycles. The summed E-state index contributed by atoms with van der Waals surface area (Å²) in [5.41, 5.74) is 5.22. The number of carbonyl (C=O) groups is 1. The molecule has 0 spiro atoms. The van der Waals surface area contributed by atoms with Crippen LogP contribution in [0, 0.1) is 5.82 Å². The summed E-state index contributed by atoms with van der Waals surface area (Å²) in [5.74, 6) is -0.912. The quantitative estimate of drug-likeness (QED) is 0.495. The largest absolute Gasteiger partial charge is 0.366 e. The molecule has 0 unspecified atom stereocenters. The zero-order valence-corrected chi connectivity index (χ0v) is 15.7. The second-order valence-electron chi connectivity index (χ2n) is 3.90. The molecule has 0 fully saturated rings. The molecule has 0 saturated carbocycles. The van der Waals surface area contributed by atoms with Crippen LogP contribution >= 0.6 is 43.5 Å². The van der Waals surface area contributed by atoms with E-state index in [1.54, 1.807) is 0 Å². The SMILES string of the molecule is NC(=O)c1ccc(F)cc1.O=S(=O)(O)c1cc(Br)c(Cl)nc1Br. The molecule has 23 heavy (non-hydrogen) atoms. The van der Waals surface area contributed by atoms with E-state index in [-0.39, 0.29) is 20.5 Å². The van der Waals surface area contributed by atoms with E-state index in [9.17, 15) is 17.6 Å². The van der Waals surface area contributed by atoms with Gasteiger partial charge in [0.15, 0.2) is 0 Å². The second kappa shape index (κ2) is 8.15. The summed E-state index contributed by atoms with van der Waals surface area (Å²) >= 11 is 11.4. The summed E-state index contributed by atoms with van der Waals surface area (Å²) in [4.78, 5) is 13.7. The third-order valence-electron chi connectivity index (χ3n) is 2.26. The fourth-order valence-corrected chi connectivity index (χ4v) is 3.36. The number of aromatic nitrogens is 1. The number of pyridine rings is 1. The van der Waals surface area contributed by atoms with Crippen LogP contribution in [0.2, 0.25) is 5.15 Å². The first-order valence-corrected chi connectivity index (χ1v) is 8.97. The van der Waals surface area contributed by atoms with Crippen molar-refractivity contribution >= 4 is 59.5 Å². The Hall–Kier alpha value is -1.07. The Morgan fingerprint density at radius 1 is 1.26 bits per heavy atom. The van der Waals surface area contributed by atoms with Crippen LogP contribution in [-0.2, 0) is 10.1 Å². The van der Waals surface area contributed by atoms with E-state index in [1.807, 2.05) is 0 Å². The molecule has 1 aromatic heterocycles. The smallest absolute Gasteiger partial charge is 0.297 e. The van der Waals surface area contributed by atoms with Crippen LogP contribution in [0.4, 0.5) is 4.39 Å². The molecular formula is C12H8Br2ClFN2O4S. The van der Waals surface area contributed by atoms with E-state index in [0.717, 1.165) is 6.07 Å². The molecule has 1 amide bonds.